The molecule has 0 saturated heterocycles. The monoisotopic (exact) mass is 280 g/mol. The molecule has 0 fully saturated rings. The van der Waals surface area contributed by atoms with E-state index < -0.39 is 0 Å². The number of rotatable bonds is 2. The fraction of sp³-hybridized carbons (Fsp3) is 0.312. The predicted octanol–water partition coefficient (Wildman–Crippen LogP) is 3.10. The molecule has 0 aliphatic heterocycles. The molecule has 0 radical (unpaired) electrons. The Morgan fingerprint density at radius 2 is 2.10 bits per heavy atom. The van der Waals surface area contributed by atoms with E-state index in [2.05, 4.69) is 27.2 Å². The molecule has 0 N–H and O–H groups in total. The number of aromatic nitrogens is 4. The summed E-state index contributed by atoms with van der Waals surface area (Å²) in [5.41, 5.74) is 3.60. The third-order valence-electron chi connectivity index (χ3n) is 3.91. The molecule has 2 aromatic heterocycles. The first-order chi connectivity index (χ1) is 10.3. The summed E-state index contributed by atoms with van der Waals surface area (Å²) in [7, 11) is 0. The van der Waals surface area contributed by atoms with Crippen LogP contribution in [0, 0.1) is 6.92 Å². The molecule has 0 unspecified atom stereocenters. The number of nitrogens with zero attached hydrogens (tertiary/aromatic N) is 4. The van der Waals surface area contributed by atoms with E-state index in [1.807, 2.05) is 19.1 Å². The van der Waals surface area contributed by atoms with Gasteiger partial charge in [-0.05, 0) is 49.8 Å². The lowest BCUT2D eigenvalue weighted by Gasteiger charge is -2.19. The highest BCUT2D eigenvalue weighted by molar-refractivity contribution is 5.44. The maximum Gasteiger partial charge on any atom is 0.255 e. The molecule has 1 aromatic carbocycles. The summed E-state index contributed by atoms with van der Waals surface area (Å²) in [6.07, 6.45) is 6.20. The van der Waals surface area contributed by atoms with Crippen LogP contribution in [0.25, 0.3) is 5.78 Å². The van der Waals surface area contributed by atoms with Gasteiger partial charge in [0.2, 0.25) is 5.88 Å². The Bertz CT molecular complexity index is 809. The quantitative estimate of drug-likeness (QED) is 0.723. The molecule has 21 heavy (non-hydrogen) atoms. The van der Waals surface area contributed by atoms with Gasteiger partial charge in [-0.1, -0.05) is 12.1 Å². The summed E-state index contributed by atoms with van der Waals surface area (Å²) in [6, 6.07) is 8.18. The number of hydrogen-bond donors (Lipinski definition) is 0. The van der Waals surface area contributed by atoms with Gasteiger partial charge in [-0.15, -0.1) is 0 Å². The topological polar surface area (TPSA) is 52.3 Å². The molecule has 5 heteroatoms. The summed E-state index contributed by atoms with van der Waals surface area (Å²) >= 11 is 0. The lowest BCUT2D eigenvalue weighted by atomic mass is 9.91. The van der Waals surface area contributed by atoms with E-state index in [1.165, 1.54) is 30.3 Å². The van der Waals surface area contributed by atoms with E-state index in [-0.39, 0.29) is 0 Å². The second-order valence-corrected chi connectivity index (χ2v) is 5.41. The largest absolute Gasteiger partial charge is 0.439 e. The van der Waals surface area contributed by atoms with Gasteiger partial charge >= 0.3 is 0 Å². The molecule has 1 aliphatic rings. The molecule has 0 saturated carbocycles. The normalized spacial score (nSPS) is 14.1. The van der Waals surface area contributed by atoms with Crippen LogP contribution in [0.3, 0.4) is 0 Å². The first-order valence-corrected chi connectivity index (χ1v) is 7.27. The van der Waals surface area contributed by atoms with Crippen LogP contribution in [0.2, 0.25) is 0 Å². The molecule has 0 spiro atoms. The fourth-order valence-electron chi connectivity index (χ4n) is 2.92. The highest BCUT2D eigenvalue weighted by Crippen LogP contribution is 2.32. The van der Waals surface area contributed by atoms with Crippen LogP contribution in [-0.4, -0.2) is 19.6 Å². The summed E-state index contributed by atoms with van der Waals surface area (Å²) < 4.78 is 7.78. The molecular formula is C16H16N4O. The van der Waals surface area contributed by atoms with E-state index >= 15 is 0 Å². The molecule has 3 aromatic rings. The van der Waals surface area contributed by atoms with Crippen LogP contribution in [0.5, 0.6) is 11.6 Å². The van der Waals surface area contributed by atoms with Gasteiger partial charge in [0, 0.05) is 11.8 Å². The Labute approximate surface area is 122 Å². The summed E-state index contributed by atoms with van der Waals surface area (Å²) in [5, 5.41) is 4.19. The molecule has 0 atom stereocenters. The summed E-state index contributed by atoms with van der Waals surface area (Å²) in [4.78, 5) is 8.46. The van der Waals surface area contributed by atoms with Crippen molar-refractivity contribution >= 4 is 5.78 Å². The minimum absolute atomic E-state index is 0.565. The standard InChI is InChI=1S/C16H16N4O/c1-11-9-15(20-16(19-11)17-10-18-20)21-14-8-4-6-12-5-2-3-7-13(12)14/h4,6,8-10H,2-3,5,7H2,1H3. The third kappa shape index (κ3) is 2.14. The predicted molar refractivity (Wildman–Crippen MR) is 78.7 cm³/mol. The Kier molecular flexibility index (Phi) is 2.84. The third-order valence-corrected chi connectivity index (χ3v) is 3.91. The zero-order chi connectivity index (χ0) is 14.2. The highest BCUT2D eigenvalue weighted by Gasteiger charge is 2.16. The van der Waals surface area contributed by atoms with Crippen molar-refractivity contribution in [2.45, 2.75) is 32.6 Å². The molecule has 106 valence electrons. The van der Waals surface area contributed by atoms with Crippen LogP contribution < -0.4 is 4.74 Å². The highest BCUT2D eigenvalue weighted by atomic mass is 16.5. The SMILES string of the molecule is Cc1cc(Oc2cccc3c2CCCC3)n2ncnc2n1. The van der Waals surface area contributed by atoms with E-state index in [4.69, 9.17) is 4.74 Å². The second kappa shape index (κ2) is 4.84. The van der Waals surface area contributed by atoms with Gasteiger partial charge in [-0.3, -0.25) is 0 Å². The van der Waals surface area contributed by atoms with Gasteiger partial charge in [0.05, 0.1) is 0 Å². The Balaban J connectivity index is 1.80. The first kappa shape index (κ1) is 12.3. The number of ether oxygens (including phenoxy) is 1. The number of hydrogen-bond acceptors (Lipinski definition) is 4. The van der Waals surface area contributed by atoms with Crippen molar-refractivity contribution in [1.29, 1.82) is 0 Å². The van der Waals surface area contributed by atoms with Crippen LogP contribution in [0.15, 0.2) is 30.6 Å². The van der Waals surface area contributed by atoms with Crippen molar-refractivity contribution in [2.24, 2.45) is 0 Å². The average Bonchev–Trinajstić information content (AvgIpc) is 2.96. The van der Waals surface area contributed by atoms with Crippen molar-refractivity contribution in [3.05, 3.63) is 47.4 Å². The van der Waals surface area contributed by atoms with Crippen molar-refractivity contribution in [2.75, 3.05) is 0 Å². The smallest absolute Gasteiger partial charge is 0.255 e. The van der Waals surface area contributed by atoms with Crippen molar-refractivity contribution in [3.8, 4) is 11.6 Å². The molecule has 5 nitrogen and oxygen atoms in total. The Hall–Kier alpha value is -2.43. The van der Waals surface area contributed by atoms with Gasteiger partial charge in [-0.25, -0.2) is 4.98 Å². The maximum absolute atomic E-state index is 6.15. The van der Waals surface area contributed by atoms with Gasteiger partial charge in [0.1, 0.15) is 12.1 Å². The summed E-state index contributed by atoms with van der Waals surface area (Å²) in [5.74, 6) is 2.15. The van der Waals surface area contributed by atoms with Gasteiger partial charge < -0.3 is 4.74 Å². The average molecular weight is 280 g/mol. The molecular weight excluding hydrogens is 264 g/mol. The van der Waals surface area contributed by atoms with E-state index in [9.17, 15) is 0 Å². The minimum Gasteiger partial charge on any atom is -0.439 e. The first-order valence-electron chi connectivity index (χ1n) is 7.27. The second-order valence-electron chi connectivity index (χ2n) is 5.41. The number of aryl methyl sites for hydroxylation is 2. The Morgan fingerprint density at radius 1 is 1.19 bits per heavy atom. The fourth-order valence-corrected chi connectivity index (χ4v) is 2.92. The van der Waals surface area contributed by atoms with Gasteiger partial charge in [0.25, 0.3) is 5.78 Å². The van der Waals surface area contributed by atoms with E-state index in [0.717, 1.165) is 24.3 Å². The molecule has 2 heterocycles. The molecule has 0 bridgehead atoms. The zero-order valence-electron chi connectivity index (χ0n) is 11.9. The van der Waals surface area contributed by atoms with E-state index in [0.29, 0.717) is 11.7 Å². The maximum atomic E-state index is 6.15. The molecule has 4 rings (SSSR count). The zero-order valence-corrected chi connectivity index (χ0v) is 11.9. The van der Waals surface area contributed by atoms with Gasteiger partial charge in [-0.2, -0.15) is 14.6 Å². The minimum atomic E-state index is 0.565. The lowest BCUT2D eigenvalue weighted by Crippen LogP contribution is -2.06. The van der Waals surface area contributed by atoms with Crippen LogP contribution in [0.1, 0.15) is 29.7 Å². The van der Waals surface area contributed by atoms with Crippen LogP contribution >= 0.6 is 0 Å². The number of fused-ring (bicyclic) bond motifs is 2. The van der Waals surface area contributed by atoms with Crippen molar-refractivity contribution in [3.63, 3.8) is 0 Å². The van der Waals surface area contributed by atoms with Crippen LogP contribution in [0.4, 0.5) is 0 Å². The Morgan fingerprint density at radius 3 is 3.05 bits per heavy atom. The van der Waals surface area contributed by atoms with Crippen molar-refractivity contribution < 1.29 is 4.74 Å². The summed E-state index contributed by atoms with van der Waals surface area (Å²) in [6.45, 7) is 1.93. The molecule has 0 amide bonds. The van der Waals surface area contributed by atoms with E-state index in [1.54, 1.807) is 4.52 Å². The number of benzene rings is 1. The lowest BCUT2D eigenvalue weighted by molar-refractivity contribution is 0.436. The van der Waals surface area contributed by atoms with Gasteiger partial charge in [0.15, 0.2) is 0 Å². The van der Waals surface area contributed by atoms with Crippen molar-refractivity contribution in [1.82, 2.24) is 19.6 Å². The van der Waals surface area contributed by atoms with Crippen LogP contribution in [-0.2, 0) is 12.8 Å². The molecule has 1 aliphatic carbocycles.